The second-order valence-corrected chi connectivity index (χ2v) is 8.62. The average molecular weight is 551 g/mol. The van der Waals surface area contributed by atoms with Crippen LogP contribution < -0.4 is 15.5 Å². The lowest BCUT2D eigenvalue weighted by Crippen LogP contribution is -2.49. The summed E-state index contributed by atoms with van der Waals surface area (Å²) >= 11 is 1.82. The van der Waals surface area contributed by atoms with Gasteiger partial charge in [-0.1, -0.05) is 30.3 Å². The Morgan fingerprint density at radius 2 is 1.94 bits per heavy atom. The molecule has 1 unspecified atom stereocenters. The molecule has 1 aliphatic heterocycles. The lowest BCUT2D eigenvalue weighted by molar-refractivity contribution is 0.459. The highest BCUT2D eigenvalue weighted by Crippen LogP contribution is 2.24. The van der Waals surface area contributed by atoms with Crippen LogP contribution in [0.3, 0.4) is 0 Å². The summed E-state index contributed by atoms with van der Waals surface area (Å²) in [6.07, 6.45) is 4.73. The highest BCUT2D eigenvalue weighted by molar-refractivity contribution is 14.0. The Bertz CT molecular complexity index is 891. The van der Waals surface area contributed by atoms with E-state index < -0.39 is 0 Å². The summed E-state index contributed by atoms with van der Waals surface area (Å²) in [5.74, 6) is 1.85. The predicted molar refractivity (Wildman–Crippen MR) is 141 cm³/mol. The highest BCUT2D eigenvalue weighted by atomic mass is 127. The third kappa shape index (κ3) is 7.00. The Labute approximate surface area is 206 Å². The molecule has 2 aromatic heterocycles. The van der Waals surface area contributed by atoms with Gasteiger partial charge in [0.1, 0.15) is 5.76 Å². The number of aliphatic imine (C=N–C) groups is 1. The molecule has 0 bridgehead atoms. The first-order chi connectivity index (χ1) is 14.8. The molecule has 1 aliphatic rings. The quantitative estimate of drug-likeness (QED) is 0.233. The zero-order chi connectivity index (χ0) is 20.6. The number of hydrogen-bond acceptors (Lipinski definition) is 4. The van der Waals surface area contributed by atoms with Gasteiger partial charge in [-0.15, -0.1) is 35.3 Å². The first-order valence-electron chi connectivity index (χ1n) is 10.7. The third-order valence-corrected chi connectivity index (χ3v) is 6.44. The lowest BCUT2D eigenvalue weighted by Gasteiger charge is -2.34. The second kappa shape index (κ2) is 12.1. The van der Waals surface area contributed by atoms with E-state index in [0.29, 0.717) is 12.6 Å². The Balaban J connectivity index is 0.00000272. The molecule has 0 saturated carbocycles. The van der Waals surface area contributed by atoms with Gasteiger partial charge in [0.15, 0.2) is 5.96 Å². The van der Waals surface area contributed by atoms with Crippen LogP contribution in [-0.2, 0) is 6.42 Å². The molecule has 1 aromatic carbocycles. The van der Waals surface area contributed by atoms with Crippen LogP contribution in [0.4, 0.5) is 5.00 Å². The number of halogens is 1. The van der Waals surface area contributed by atoms with Crippen molar-refractivity contribution in [3.63, 3.8) is 0 Å². The maximum absolute atomic E-state index is 5.45. The van der Waals surface area contributed by atoms with Gasteiger partial charge in [-0.3, -0.25) is 4.99 Å². The van der Waals surface area contributed by atoms with Gasteiger partial charge in [0.2, 0.25) is 0 Å². The molecule has 166 valence electrons. The molecule has 1 saturated heterocycles. The van der Waals surface area contributed by atoms with Crippen molar-refractivity contribution in [2.24, 2.45) is 4.99 Å². The SMILES string of the molecule is CC(NC(=NCCc1ccco1)NC1CCN(c2cccs2)CC1)c1ccccc1.I. The van der Waals surface area contributed by atoms with Gasteiger partial charge in [-0.2, -0.15) is 0 Å². The maximum Gasteiger partial charge on any atom is 0.191 e. The third-order valence-electron chi connectivity index (χ3n) is 5.51. The number of guanidine groups is 1. The van der Waals surface area contributed by atoms with Crippen LogP contribution in [0.1, 0.15) is 37.1 Å². The summed E-state index contributed by atoms with van der Waals surface area (Å²) in [6, 6.07) is 19.4. The molecule has 0 radical (unpaired) electrons. The Morgan fingerprint density at radius 3 is 2.61 bits per heavy atom. The molecular weight excluding hydrogens is 519 g/mol. The van der Waals surface area contributed by atoms with Crippen molar-refractivity contribution in [1.82, 2.24) is 10.6 Å². The fraction of sp³-hybridized carbons (Fsp3) is 0.375. The molecule has 3 aromatic rings. The van der Waals surface area contributed by atoms with E-state index in [1.807, 2.05) is 29.5 Å². The molecule has 0 spiro atoms. The molecule has 1 atom stereocenters. The van der Waals surface area contributed by atoms with Crippen LogP contribution in [0.5, 0.6) is 0 Å². The van der Waals surface area contributed by atoms with E-state index >= 15 is 0 Å². The topological polar surface area (TPSA) is 52.8 Å². The number of anilines is 1. The number of piperidine rings is 1. The van der Waals surface area contributed by atoms with Crippen molar-refractivity contribution in [2.45, 2.75) is 38.3 Å². The normalized spacial score (nSPS) is 15.9. The second-order valence-electron chi connectivity index (χ2n) is 7.69. The Hall–Kier alpha value is -2.00. The van der Waals surface area contributed by atoms with E-state index in [4.69, 9.17) is 9.41 Å². The van der Waals surface area contributed by atoms with Gasteiger partial charge < -0.3 is 20.0 Å². The summed E-state index contributed by atoms with van der Waals surface area (Å²) in [4.78, 5) is 7.33. The molecular formula is C24H31IN4OS. The molecule has 7 heteroatoms. The summed E-state index contributed by atoms with van der Waals surface area (Å²) < 4.78 is 5.45. The fourth-order valence-corrected chi connectivity index (χ4v) is 4.57. The van der Waals surface area contributed by atoms with Gasteiger partial charge in [0.25, 0.3) is 0 Å². The molecule has 31 heavy (non-hydrogen) atoms. The van der Waals surface area contributed by atoms with Gasteiger partial charge in [0, 0.05) is 32.1 Å². The number of furan rings is 1. The number of nitrogens with one attached hydrogen (secondary N) is 2. The van der Waals surface area contributed by atoms with E-state index in [0.717, 1.165) is 44.1 Å². The minimum atomic E-state index is 0. The van der Waals surface area contributed by atoms with Gasteiger partial charge in [-0.05, 0) is 55.0 Å². The van der Waals surface area contributed by atoms with Gasteiger partial charge in [-0.25, -0.2) is 0 Å². The smallest absolute Gasteiger partial charge is 0.191 e. The van der Waals surface area contributed by atoms with Crippen molar-refractivity contribution in [1.29, 1.82) is 0 Å². The molecule has 2 N–H and O–H groups in total. The minimum absolute atomic E-state index is 0. The van der Waals surface area contributed by atoms with E-state index in [-0.39, 0.29) is 30.0 Å². The number of benzene rings is 1. The standard InChI is InChI=1S/C24H30N4OS.HI/c1-19(20-7-3-2-4-8-20)26-24(25-14-11-22-9-5-17-29-22)27-21-12-15-28(16-13-21)23-10-6-18-30-23;/h2-10,17-19,21H,11-16H2,1H3,(H2,25,26,27);1H. The van der Waals surface area contributed by atoms with Crippen LogP contribution in [0, 0.1) is 0 Å². The van der Waals surface area contributed by atoms with Crippen molar-refractivity contribution in [3.05, 3.63) is 77.6 Å². The van der Waals surface area contributed by atoms with Crippen molar-refractivity contribution in [3.8, 4) is 0 Å². The molecule has 0 amide bonds. The van der Waals surface area contributed by atoms with Crippen LogP contribution >= 0.6 is 35.3 Å². The molecule has 0 aliphatic carbocycles. The average Bonchev–Trinajstić information content (AvgIpc) is 3.49. The number of nitrogens with zero attached hydrogens (tertiary/aromatic N) is 2. The summed E-state index contributed by atoms with van der Waals surface area (Å²) in [7, 11) is 0. The minimum Gasteiger partial charge on any atom is -0.469 e. The van der Waals surface area contributed by atoms with E-state index in [1.165, 1.54) is 10.6 Å². The Kier molecular flexibility index (Phi) is 9.27. The molecule has 1 fully saturated rings. The first kappa shape index (κ1) is 23.7. The maximum atomic E-state index is 5.45. The number of thiophene rings is 1. The van der Waals surface area contributed by atoms with Crippen molar-refractivity contribution in [2.75, 3.05) is 24.5 Å². The monoisotopic (exact) mass is 550 g/mol. The molecule has 4 rings (SSSR count). The van der Waals surface area contributed by atoms with Crippen LogP contribution in [0.2, 0.25) is 0 Å². The van der Waals surface area contributed by atoms with Crippen molar-refractivity contribution >= 4 is 46.3 Å². The molecule has 3 heterocycles. The predicted octanol–water partition coefficient (Wildman–Crippen LogP) is 5.47. The van der Waals surface area contributed by atoms with E-state index in [9.17, 15) is 0 Å². The van der Waals surface area contributed by atoms with E-state index in [1.54, 1.807) is 6.26 Å². The number of rotatable bonds is 7. The first-order valence-corrected chi connectivity index (χ1v) is 11.6. The zero-order valence-electron chi connectivity index (χ0n) is 17.9. The van der Waals surface area contributed by atoms with Gasteiger partial charge >= 0.3 is 0 Å². The number of hydrogen-bond donors (Lipinski definition) is 2. The van der Waals surface area contributed by atoms with Crippen LogP contribution in [-0.4, -0.2) is 31.6 Å². The summed E-state index contributed by atoms with van der Waals surface area (Å²) in [5, 5.41) is 10.8. The molecule has 5 nitrogen and oxygen atoms in total. The van der Waals surface area contributed by atoms with Crippen LogP contribution in [0.15, 0.2) is 75.7 Å². The summed E-state index contributed by atoms with van der Waals surface area (Å²) in [5.41, 5.74) is 1.26. The largest absolute Gasteiger partial charge is 0.469 e. The van der Waals surface area contributed by atoms with Crippen molar-refractivity contribution < 1.29 is 4.42 Å². The van der Waals surface area contributed by atoms with E-state index in [2.05, 4.69) is 64.2 Å². The van der Waals surface area contributed by atoms with Crippen LogP contribution in [0.25, 0.3) is 0 Å². The zero-order valence-corrected chi connectivity index (χ0v) is 21.0. The summed E-state index contributed by atoms with van der Waals surface area (Å²) in [6.45, 7) is 5.02. The Morgan fingerprint density at radius 1 is 1.13 bits per heavy atom. The van der Waals surface area contributed by atoms with Gasteiger partial charge in [0.05, 0.1) is 17.3 Å². The lowest BCUT2D eigenvalue weighted by atomic mass is 10.1. The fourth-order valence-electron chi connectivity index (χ4n) is 3.78. The highest BCUT2D eigenvalue weighted by Gasteiger charge is 2.21.